The first-order valence-corrected chi connectivity index (χ1v) is 11.4. The predicted molar refractivity (Wildman–Crippen MR) is 125 cm³/mol. The summed E-state index contributed by atoms with van der Waals surface area (Å²) in [5.74, 6) is 1.88. The number of para-hydroxylation sites is 1. The van der Waals surface area contributed by atoms with Crippen LogP contribution in [0.25, 0.3) is 0 Å². The van der Waals surface area contributed by atoms with Crippen molar-refractivity contribution in [3.8, 4) is 11.5 Å². The van der Waals surface area contributed by atoms with E-state index in [4.69, 9.17) is 9.47 Å². The highest BCUT2D eigenvalue weighted by atomic mass is 16.5. The Hall–Kier alpha value is -3.02. The number of hydrogen-bond donors (Lipinski definition) is 1. The second kappa shape index (κ2) is 11.6. The van der Waals surface area contributed by atoms with Gasteiger partial charge in [0.2, 0.25) is 5.91 Å². The third-order valence-corrected chi connectivity index (χ3v) is 5.75. The smallest absolute Gasteiger partial charge is 0.260 e. The highest BCUT2D eigenvalue weighted by Crippen LogP contribution is 2.20. The molecule has 1 aliphatic rings. The number of hydrogen-bond acceptors (Lipinski definition) is 4. The number of nitrogens with zero attached hydrogens (tertiary/aromatic N) is 1. The van der Waals surface area contributed by atoms with Crippen molar-refractivity contribution in [3.05, 3.63) is 60.2 Å². The average Bonchev–Trinajstić information content (AvgIpc) is 2.80. The molecule has 0 radical (unpaired) electrons. The number of piperidine rings is 1. The number of benzene rings is 2. The van der Waals surface area contributed by atoms with E-state index in [0.717, 1.165) is 18.6 Å². The number of carbonyl (C=O) groups excluding carboxylic acids is 2. The van der Waals surface area contributed by atoms with Gasteiger partial charge >= 0.3 is 0 Å². The molecular weight excluding hydrogens is 404 g/mol. The van der Waals surface area contributed by atoms with Crippen LogP contribution in [-0.4, -0.2) is 48.6 Å². The van der Waals surface area contributed by atoms with Crippen LogP contribution in [0.2, 0.25) is 0 Å². The van der Waals surface area contributed by atoms with E-state index in [-0.39, 0.29) is 17.9 Å². The van der Waals surface area contributed by atoms with Crippen molar-refractivity contribution in [2.45, 2.75) is 58.1 Å². The van der Waals surface area contributed by atoms with Gasteiger partial charge in [0.05, 0.1) is 13.0 Å². The quantitative estimate of drug-likeness (QED) is 0.639. The van der Waals surface area contributed by atoms with Gasteiger partial charge in [0.1, 0.15) is 11.5 Å². The molecule has 32 heavy (non-hydrogen) atoms. The largest absolute Gasteiger partial charge is 0.493 e. The molecule has 172 valence electrons. The molecule has 0 saturated carbocycles. The first-order chi connectivity index (χ1) is 15.4. The van der Waals surface area contributed by atoms with E-state index in [9.17, 15) is 9.59 Å². The topological polar surface area (TPSA) is 67.9 Å². The van der Waals surface area contributed by atoms with Crippen molar-refractivity contribution in [2.75, 3.05) is 19.7 Å². The Morgan fingerprint density at radius 2 is 1.62 bits per heavy atom. The minimum atomic E-state index is -0.574. The lowest BCUT2D eigenvalue weighted by atomic mass is 10.0. The van der Waals surface area contributed by atoms with Gasteiger partial charge < -0.3 is 19.7 Å². The molecule has 1 atom stereocenters. The van der Waals surface area contributed by atoms with Crippen molar-refractivity contribution >= 4 is 11.8 Å². The highest BCUT2D eigenvalue weighted by Gasteiger charge is 2.25. The molecule has 0 aromatic heterocycles. The zero-order chi connectivity index (χ0) is 22.9. The molecule has 2 aromatic carbocycles. The van der Waals surface area contributed by atoms with Gasteiger partial charge in [0.25, 0.3) is 5.91 Å². The van der Waals surface area contributed by atoms with Crippen LogP contribution >= 0.6 is 0 Å². The molecule has 0 spiro atoms. The maximum absolute atomic E-state index is 12.5. The van der Waals surface area contributed by atoms with E-state index in [0.29, 0.717) is 37.8 Å². The molecule has 1 aliphatic heterocycles. The molecule has 1 saturated heterocycles. The summed E-state index contributed by atoms with van der Waals surface area (Å²) in [6.45, 7) is 7.69. The van der Waals surface area contributed by atoms with E-state index in [1.54, 1.807) is 6.92 Å². The van der Waals surface area contributed by atoms with Crippen molar-refractivity contribution < 1.29 is 19.1 Å². The lowest BCUT2D eigenvalue weighted by Gasteiger charge is -2.33. The van der Waals surface area contributed by atoms with Crippen molar-refractivity contribution in [3.63, 3.8) is 0 Å². The highest BCUT2D eigenvalue weighted by molar-refractivity contribution is 5.81. The Morgan fingerprint density at radius 1 is 0.969 bits per heavy atom. The fourth-order valence-electron chi connectivity index (χ4n) is 3.71. The lowest BCUT2D eigenvalue weighted by Crippen LogP contribution is -2.49. The summed E-state index contributed by atoms with van der Waals surface area (Å²) < 4.78 is 11.4. The summed E-state index contributed by atoms with van der Waals surface area (Å²) in [6, 6.07) is 17.4. The molecular formula is C26H34N2O4. The molecule has 1 unspecified atom stereocenters. The Balaban J connectivity index is 1.36. The minimum Gasteiger partial charge on any atom is -0.493 e. The van der Waals surface area contributed by atoms with Crippen LogP contribution in [0.1, 0.15) is 51.5 Å². The second-order valence-corrected chi connectivity index (χ2v) is 8.56. The van der Waals surface area contributed by atoms with Crippen molar-refractivity contribution in [1.82, 2.24) is 10.2 Å². The van der Waals surface area contributed by atoms with Crippen LogP contribution < -0.4 is 14.8 Å². The minimum absolute atomic E-state index is 0.0569. The van der Waals surface area contributed by atoms with E-state index >= 15 is 0 Å². The zero-order valence-corrected chi connectivity index (χ0v) is 19.3. The fourth-order valence-corrected chi connectivity index (χ4v) is 3.71. The molecule has 1 heterocycles. The van der Waals surface area contributed by atoms with E-state index in [2.05, 4.69) is 19.2 Å². The summed E-state index contributed by atoms with van der Waals surface area (Å²) >= 11 is 0. The van der Waals surface area contributed by atoms with E-state index < -0.39 is 6.10 Å². The number of nitrogens with one attached hydrogen (secondary N) is 1. The average molecular weight is 439 g/mol. The summed E-state index contributed by atoms with van der Waals surface area (Å²) in [7, 11) is 0. The maximum atomic E-state index is 12.5. The molecule has 1 fully saturated rings. The Morgan fingerprint density at radius 3 is 2.25 bits per heavy atom. The molecule has 6 heteroatoms. The van der Waals surface area contributed by atoms with Gasteiger partial charge in [-0.25, -0.2) is 0 Å². The maximum Gasteiger partial charge on any atom is 0.260 e. The lowest BCUT2D eigenvalue weighted by molar-refractivity contribution is -0.133. The molecule has 6 nitrogen and oxygen atoms in total. The van der Waals surface area contributed by atoms with Gasteiger partial charge in [0.15, 0.2) is 6.10 Å². The Bertz CT molecular complexity index is 859. The third-order valence-electron chi connectivity index (χ3n) is 5.75. The number of likely N-dealkylation sites (tertiary alicyclic amines) is 1. The van der Waals surface area contributed by atoms with Gasteiger partial charge in [-0.15, -0.1) is 0 Å². The van der Waals surface area contributed by atoms with Crippen LogP contribution in [0.15, 0.2) is 54.6 Å². The van der Waals surface area contributed by atoms with Gasteiger partial charge in [-0.05, 0) is 55.5 Å². The van der Waals surface area contributed by atoms with Crippen LogP contribution in [-0.2, 0) is 9.59 Å². The van der Waals surface area contributed by atoms with E-state index in [1.807, 2.05) is 59.5 Å². The van der Waals surface area contributed by atoms with Gasteiger partial charge in [-0.2, -0.15) is 0 Å². The molecule has 2 aromatic rings. The Labute approximate surface area is 190 Å². The molecule has 1 N–H and O–H groups in total. The zero-order valence-electron chi connectivity index (χ0n) is 19.3. The predicted octanol–water partition coefficient (Wildman–Crippen LogP) is 4.15. The Kier molecular flexibility index (Phi) is 8.54. The number of rotatable bonds is 9. The normalized spacial score (nSPS) is 15.3. The monoisotopic (exact) mass is 438 g/mol. The summed E-state index contributed by atoms with van der Waals surface area (Å²) in [6.07, 6.45) is 1.26. The molecule has 2 amide bonds. The van der Waals surface area contributed by atoms with Crippen molar-refractivity contribution in [2.24, 2.45) is 0 Å². The van der Waals surface area contributed by atoms with Crippen molar-refractivity contribution in [1.29, 1.82) is 0 Å². The molecule has 0 bridgehead atoms. The summed E-state index contributed by atoms with van der Waals surface area (Å²) in [5.41, 5.74) is 1.24. The van der Waals surface area contributed by atoms with Crippen LogP contribution in [0.3, 0.4) is 0 Å². The summed E-state index contributed by atoms with van der Waals surface area (Å²) in [5, 5.41) is 3.07. The number of carbonyl (C=O) groups is 2. The second-order valence-electron chi connectivity index (χ2n) is 8.56. The van der Waals surface area contributed by atoms with E-state index in [1.165, 1.54) is 5.56 Å². The van der Waals surface area contributed by atoms with Gasteiger partial charge in [-0.3, -0.25) is 9.59 Å². The summed E-state index contributed by atoms with van der Waals surface area (Å²) in [4.78, 5) is 26.8. The fraction of sp³-hybridized carbons (Fsp3) is 0.462. The van der Waals surface area contributed by atoms with Gasteiger partial charge in [-0.1, -0.05) is 44.2 Å². The first kappa shape index (κ1) is 23.6. The standard InChI is InChI=1S/C26H34N2O4/c1-19(2)21-9-11-24(12-10-21)32-20(3)26(30)27-22-13-16-28(17-14-22)25(29)15-18-31-23-7-5-4-6-8-23/h4-12,19-20,22H,13-18H2,1-3H3,(H,27,30). The number of ether oxygens (including phenoxy) is 2. The first-order valence-electron chi connectivity index (χ1n) is 11.4. The van der Waals surface area contributed by atoms with Crippen LogP contribution in [0.5, 0.6) is 11.5 Å². The SMILES string of the molecule is CC(Oc1ccc(C(C)C)cc1)C(=O)NC1CCN(C(=O)CCOc2ccccc2)CC1. The molecule has 0 aliphatic carbocycles. The van der Waals surface area contributed by atoms with Crippen LogP contribution in [0.4, 0.5) is 0 Å². The van der Waals surface area contributed by atoms with Crippen LogP contribution in [0, 0.1) is 0 Å². The van der Waals surface area contributed by atoms with Gasteiger partial charge in [0, 0.05) is 19.1 Å². The third kappa shape index (κ3) is 7.01. The molecule has 3 rings (SSSR count). The number of amides is 2.